The summed E-state index contributed by atoms with van der Waals surface area (Å²) in [6.07, 6.45) is 4.46. The highest BCUT2D eigenvalue weighted by Gasteiger charge is 2.22. The Labute approximate surface area is 171 Å². The summed E-state index contributed by atoms with van der Waals surface area (Å²) in [6, 6.07) is 8.99. The second-order valence-electron chi connectivity index (χ2n) is 6.95. The van der Waals surface area contributed by atoms with Crippen molar-refractivity contribution in [3.05, 3.63) is 68.3 Å². The first kappa shape index (κ1) is 20.4. The molecule has 0 aliphatic rings. The van der Waals surface area contributed by atoms with E-state index in [9.17, 15) is 5.11 Å². The van der Waals surface area contributed by atoms with E-state index in [4.69, 9.17) is 14.3 Å². The number of phenols is 1. The molecule has 1 aromatic heterocycles. The van der Waals surface area contributed by atoms with E-state index in [2.05, 4.69) is 19.7 Å². The largest absolute Gasteiger partial charge is 0.508 e. The Morgan fingerprint density at radius 1 is 0.897 bits per heavy atom. The van der Waals surface area contributed by atoms with Crippen molar-refractivity contribution >= 4 is 21.8 Å². The van der Waals surface area contributed by atoms with Crippen LogP contribution in [0.5, 0.6) is 17.2 Å². The highest BCUT2D eigenvalue weighted by atomic mass is 16.7. The molecule has 0 aliphatic heterocycles. The summed E-state index contributed by atoms with van der Waals surface area (Å²) in [4.78, 5) is 6.15. The third-order valence-corrected chi connectivity index (χ3v) is 4.65. The minimum absolute atomic E-state index is 0.0890. The van der Waals surface area contributed by atoms with Gasteiger partial charge in [0.1, 0.15) is 35.3 Å². The van der Waals surface area contributed by atoms with E-state index in [1.165, 1.54) is 0 Å². The van der Waals surface area contributed by atoms with Crippen molar-refractivity contribution < 1.29 is 19.4 Å². The van der Waals surface area contributed by atoms with Crippen molar-refractivity contribution in [3.63, 3.8) is 0 Å². The van der Waals surface area contributed by atoms with Crippen LogP contribution in [0.25, 0.3) is 21.8 Å². The summed E-state index contributed by atoms with van der Waals surface area (Å²) in [7, 11) is 0. The van der Waals surface area contributed by atoms with Gasteiger partial charge in [0.05, 0.1) is 10.9 Å². The van der Waals surface area contributed by atoms with Crippen molar-refractivity contribution in [3.8, 4) is 17.2 Å². The van der Waals surface area contributed by atoms with Gasteiger partial charge in [0.25, 0.3) is 0 Å². The SMILES string of the molecule is C=CC(C)Oc1cccc2c1c1cc(O)cc(OC(C)C=C)c1n2OC(C)C=C. The van der Waals surface area contributed by atoms with Crippen LogP contribution in [0, 0.1) is 0 Å². The molecular weight excluding hydrogens is 366 g/mol. The topological polar surface area (TPSA) is 52.8 Å². The van der Waals surface area contributed by atoms with Crippen LogP contribution in [0.15, 0.2) is 68.3 Å². The van der Waals surface area contributed by atoms with Gasteiger partial charge in [0.2, 0.25) is 0 Å². The monoisotopic (exact) mass is 393 g/mol. The Kier molecular flexibility index (Phi) is 5.87. The smallest absolute Gasteiger partial charge is 0.151 e. The summed E-state index contributed by atoms with van der Waals surface area (Å²) in [5.41, 5.74) is 1.49. The van der Waals surface area contributed by atoms with Crippen molar-refractivity contribution in [2.75, 3.05) is 0 Å². The van der Waals surface area contributed by atoms with Gasteiger partial charge in [-0.1, -0.05) is 38.0 Å². The molecule has 0 amide bonds. The van der Waals surface area contributed by atoms with Crippen molar-refractivity contribution in [1.29, 1.82) is 0 Å². The third-order valence-electron chi connectivity index (χ3n) is 4.65. The van der Waals surface area contributed by atoms with Crippen LogP contribution in [0.2, 0.25) is 0 Å². The molecule has 152 valence electrons. The number of rotatable bonds is 9. The van der Waals surface area contributed by atoms with Crippen LogP contribution < -0.4 is 14.3 Å². The maximum absolute atomic E-state index is 10.4. The lowest BCUT2D eigenvalue weighted by molar-refractivity contribution is 0.0933. The molecule has 1 heterocycles. The molecule has 3 atom stereocenters. The lowest BCUT2D eigenvalue weighted by Crippen LogP contribution is -2.20. The predicted molar refractivity (Wildman–Crippen MR) is 118 cm³/mol. The Balaban J connectivity index is 2.38. The maximum Gasteiger partial charge on any atom is 0.151 e. The third kappa shape index (κ3) is 3.94. The Bertz CT molecular complexity index is 1070. The lowest BCUT2D eigenvalue weighted by atomic mass is 10.1. The first-order valence-electron chi connectivity index (χ1n) is 9.57. The number of nitrogens with zero attached hydrogens (tertiary/aromatic N) is 1. The summed E-state index contributed by atoms with van der Waals surface area (Å²) in [5.74, 6) is 1.25. The molecule has 5 nitrogen and oxygen atoms in total. The lowest BCUT2D eigenvalue weighted by Gasteiger charge is -2.17. The number of hydrogen-bond donors (Lipinski definition) is 1. The Hall–Kier alpha value is -3.34. The van der Waals surface area contributed by atoms with Gasteiger partial charge in [0, 0.05) is 11.5 Å². The fraction of sp³-hybridized carbons (Fsp3) is 0.250. The number of ether oxygens (including phenoxy) is 2. The van der Waals surface area contributed by atoms with Gasteiger partial charge < -0.3 is 19.4 Å². The van der Waals surface area contributed by atoms with E-state index >= 15 is 0 Å². The van der Waals surface area contributed by atoms with Crippen molar-refractivity contribution in [2.24, 2.45) is 0 Å². The van der Waals surface area contributed by atoms with Gasteiger partial charge in [-0.2, -0.15) is 4.73 Å². The second-order valence-corrected chi connectivity index (χ2v) is 6.95. The Morgan fingerprint density at radius 2 is 1.52 bits per heavy atom. The number of phenolic OH excluding ortho intramolecular Hbond substituents is 1. The van der Waals surface area contributed by atoms with Crippen LogP contribution in [0.3, 0.4) is 0 Å². The summed E-state index contributed by atoms with van der Waals surface area (Å²) >= 11 is 0. The molecule has 0 bridgehead atoms. The summed E-state index contributed by atoms with van der Waals surface area (Å²) in [5, 5.41) is 12.0. The average molecular weight is 393 g/mol. The standard InChI is InChI=1S/C24H27NO4/c1-7-15(4)27-21-12-10-11-20-23(21)19-13-18(26)14-22(28-16(5)8-2)24(19)25(20)29-17(6)9-3/h7-17,26H,1-3H2,4-6H3. The van der Waals surface area contributed by atoms with E-state index in [1.54, 1.807) is 35.1 Å². The Morgan fingerprint density at radius 3 is 2.14 bits per heavy atom. The van der Waals surface area contributed by atoms with Crippen LogP contribution >= 0.6 is 0 Å². The highest BCUT2D eigenvalue weighted by molar-refractivity contribution is 6.13. The number of fused-ring (bicyclic) bond motifs is 3. The number of hydrogen-bond acceptors (Lipinski definition) is 4. The molecule has 2 aromatic carbocycles. The van der Waals surface area contributed by atoms with Crippen molar-refractivity contribution in [2.45, 2.75) is 39.1 Å². The van der Waals surface area contributed by atoms with Gasteiger partial charge in [-0.25, -0.2) is 0 Å². The van der Waals surface area contributed by atoms with Crippen LogP contribution in [-0.2, 0) is 0 Å². The highest BCUT2D eigenvalue weighted by Crippen LogP contribution is 2.42. The van der Waals surface area contributed by atoms with E-state index in [0.717, 1.165) is 16.3 Å². The number of aromatic nitrogens is 1. The average Bonchev–Trinajstić information content (AvgIpc) is 3.02. The quantitative estimate of drug-likeness (QED) is 0.494. The summed E-state index contributed by atoms with van der Waals surface area (Å²) in [6.45, 7) is 17.1. The molecule has 0 saturated carbocycles. The maximum atomic E-state index is 10.4. The van der Waals surface area contributed by atoms with Crippen molar-refractivity contribution in [1.82, 2.24) is 4.73 Å². The molecule has 0 aliphatic carbocycles. The molecule has 0 fully saturated rings. The van der Waals surface area contributed by atoms with E-state index < -0.39 is 0 Å². The van der Waals surface area contributed by atoms with Gasteiger partial charge >= 0.3 is 0 Å². The minimum atomic E-state index is -0.250. The van der Waals surface area contributed by atoms with E-state index in [1.807, 2.05) is 39.0 Å². The van der Waals surface area contributed by atoms with Crippen LogP contribution in [-0.4, -0.2) is 28.1 Å². The fourth-order valence-electron chi connectivity index (χ4n) is 3.08. The number of benzene rings is 2. The van der Waals surface area contributed by atoms with Gasteiger partial charge in [-0.05, 0) is 45.0 Å². The molecule has 0 radical (unpaired) electrons. The van der Waals surface area contributed by atoms with E-state index in [0.29, 0.717) is 17.0 Å². The fourth-order valence-corrected chi connectivity index (χ4v) is 3.08. The van der Waals surface area contributed by atoms with Gasteiger partial charge in [-0.15, -0.1) is 0 Å². The number of aromatic hydroxyl groups is 1. The summed E-state index contributed by atoms with van der Waals surface area (Å²) < 4.78 is 13.8. The molecule has 29 heavy (non-hydrogen) atoms. The van der Waals surface area contributed by atoms with E-state index in [-0.39, 0.29) is 24.1 Å². The molecule has 3 unspecified atom stereocenters. The zero-order chi connectivity index (χ0) is 21.1. The molecule has 0 saturated heterocycles. The zero-order valence-corrected chi connectivity index (χ0v) is 17.1. The molecular formula is C24H27NO4. The minimum Gasteiger partial charge on any atom is -0.508 e. The normalized spacial score (nSPS) is 14.2. The zero-order valence-electron chi connectivity index (χ0n) is 17.1. The molecule has 3 rings (SSSR count). The predicted octanol–water partition coefficient (Wildman–Crippen LogP) is 5.41. The molecule has 1 N–H and O–H groups in total. The molecule has 0 spiro atoms. The van der Waals surface area contributed by atoms with Crippen LogP contribution in [0.4, 0.5) is 0 Å². The van der Waals surface area contributed by atoms with Crippen LogP contribution in [0.1, 0.15) is 20.8 Å². The second kappa shape index (κ2) is 8.35. The first-order chi connectivity index (χ1) is 13.9. The molecule has 5 heteroatoms. The molecule has 3 aromatic rings. The van der Waals surface area contributed by atoms with Gasteiger partial charge in [-0.3, -0.25) is 0 Å². The van der Waals surface area contributed by atoms with Gasteiger partial charge in [0.15, 0.2) is 5.75 Å². The first-order valence-corrected chi connectivity index (χ1v) is 9.57.